The van der Waals surface area contributed by atoms with Gasteiger partial charge in [-0.25, -0.2) is 10.2 Å². The van der Waals surface area contributed by atoms with E-state index < -0.39 is 22.7 Å². The van der Waals surface area contributed by atoms with Crippen LogP contribution in [0.3, 0.4) is 0 Å². The van der Waals surface area contributed by atoms with Crippen molar-refractivity contribution in [3.63, 3.8) is 0 Å². The van der Waals surface area contributed by atoms with Crippen molar-refractivity contribution in [3.05, 3.63) is 140 Å². The van der Waals surface area contributed by atoms with E-state index in [0.717, 1.165) is 18.8 Å². The molecule has 0 heterocycles. The van der Waals surface area contributed by atoms with Crippen LogP contribution in [0.4, 0.5) is 11.4 Å². The second kappa shape index (κ2) is 15.9. The Balaban J connectivity index is 1.54. The van der Waals surface area contributed by atoms with E-state index in [2.05, 4.69) is 50.5 Å². The second-order valence-corrected chi connectivity index (χ2v) is 10.6. The number of carbonyl (C=O) groups excluding carboxylic acids is 3. The first-order chi connectivity index (χ1) is 22.2. The molecular formula is C34H30BrN5O6. The molecule has 234 valence electrons. The molecule has 12 heteroatoms. The van der Waals surface area contributed by atoms with Crippen molar-refractivity contribution in [3.8, 4) is 5.75 Å². The minimum absolute atomic E-state index is 0.0411. The average molecular weight is 685 g/mol. The molecular weight excluding hydrogens is 654 g/mol. The quantitative estimate of drug-likeness (QED) is 0.0443. The number of carbonyl (C=O) groups is 3. The van der Waals surface area contributed by atoms with Crippen LogP contribution in [-0.4, -0.2) is 42.0 Å². The lowest BCUT2D eigenvalue weighted by atomic mass is 10.1. The van der Waals surface area contributed by atoms with Crippen LogP contribution in [0.1, 0.15) is 45.7 Å². The van der Waals surface area contributed by atoms with E-state index in [1.54, 1.807) is 48.5 Å². The van der Waals surface area contributed by atoms with Gasteiger partial charge in [0.15, 0.2) is 0 Å². The average Bonchev–Trinajstić information content (AvgIpc) is 3.07. The number of anilines is 1. The zero-order chi connectivity index (χ0) is 33.1. The maximum atomic E-state index is 13.3. The molecule has 4 aromatic rings. The molecule has 11 nitrogen and oxygen atoms in total. The number of nitro groups is 1. The monoisotopic (exact) mass is 683 g/mol. The minimum atomic E-state index is -0.739. The molecule has 2 amide bonds. The second-order valence-electron chi connectivity index (χ2n) is 9.72. The molecule has 46 heavy (non-hydrogen) atoms. The summed E-state index contributed by atoms with van der Waals surface area (Å²) in [6, 6.07) is 25.9. The van der Waals surface area contributed by atoms with Gasteiger partial charge in [-0.1, -0.05) is 46.3 Å². The van der Waals surface area contributed by atoms with Gasteiger partial charge in [0.1, 0.15) is 11.4 Å². The summed E-state index contributed by atoms with van der Waals surface area (Å²) in [7, 11) is 0. The Labute approximate surface area is 273 Å². The van der Waals surface area contributed by atoms with Crippen LogP contribution < -0.4 is 20.4 Å². The zero-order valence-electron chi connectivity index (χ0n) is 25.0. The summed E-state index contributed by atoms with van der Waals surface area (Å²) >= 11 is 3.37. The normalized spacial score (nSPS) is 11.2. The molecule has 4 rings (SSSR count). The number of nitrogens with one attached hydrogen (secondary N) is 2. The highest BCUT2D eigenvalue weighted by Gasteiger charge is 2.16. The lowest BCUT2D eigenvalue weighted by molar-refractivity contribution is -0.384. The summed E-state index contributed by atoms with van der Waals surface area (Å²) in [6.45, 7) is 5.83. The first kappa shape index (κ1) is 33.3. The number of halogens is 1. The number of ether oxygens (including phenoxy) is 1. The third-order valence-corrected chi connectivity index (χ3v) is 7.21. The molecule has 0 saturated carbocycles. The van der Waals surface area contributed by atoms with Crippen molar-refractivity contribution < 1.29 is 24.0 Å². The van der Waals surface area contributed by atoms with Gasteiger partial charge in [0.25, 0.3) is 17.5 Å². The summed E-state index contributed by atoms with van der Waals surface area (Å²) in [6.07, 6.45) is 2.84. The number of hydrazone groups is 1. The van der Waals surface area contributed by atoms with Crippen molar-refractivity contribution >= 4 is 57.4 Å². The van der Waals surface area contributed by atoms with Gasteiger partial charge in [0, 0.05) is 46.5 Å². The van der Waals surface area contributed by atoms with E-state index >= 15 is 0 Å². The molecule has 0 aliphatic heterocycles. The number of esters is 1. The number of rotatable bonds is 12. The van der Waals surface area contributed by atoms with Crippen LogP contribution in [0.25, 0.3) is 6.08 Å². The number of hydrogen-bond acceptors (Lipinski definition) is 8. The van der Waals surface area contributed by atoms with Gasteiger partial charge in [-0.05, 0) is 80.1 Å². The van der Waals surface area contributed by atoms with E-state index in [4.69, 9.17) is 4.74 Å². The number of nitrogens with zero attached hydrogens (tertiary/aromatic N) is 3. The third-order valence-electron chi connectivity index (χ3n) is 6.72. The van der Waals surface area contributed by atoms with Crippen LogP contribution in [0.2, 0.25) is 0 Å². The van der Waals surface area contributed by atoms with Gasteiger partial charge in [-0.2, -0.15) is 5.10 Å². The first-order valence-electron chi connectivity index (χ1n) is 14.2. The maximum absolute atomic E-state index is 13.3. The topological polar surface area (TPSA) is 143 Å². The largest absolute Gasteiger partial charge is 0.422 e. The Morgan fingerprint density at radius 3 is 2.22 bits per heavy atom. The van der Waals surface area contributed by atoms with Gasteiger partial charge in [0.05, 0.1) is 16.7 Å². The van der Waals surface area contributed by atoms with Crippen LogP contribution in [-0.2, 0) is 4.79 Å². The highest BCUT2D eigenvalue weighted by Crippen LogP contribution is 2.23. The number of non-ortho nitro benzene ring substituents is 1. The van der Waals surface area contributed by atoms with E-state index in [-0.39, 0.29) is 22.7 Å². The highest BCUT2D eigenvalue weighted by atomic mass is 79.9. The molecule has 0 aliphatic carbocycles. The van der Waals surface area contributed by atoms with Crippen LogP contribution in [0, 0.1) is 10.1 Å². The molecule has 0 radical (unpaired) electrons. The van der Waals surface area contributed by atoms with E-state index in [1.807, 2.05) is 24.3 Å². The van der Waals surface area contributed by atoms with Crippen molar-refractivity contribution in [2.75, 3.05) is 18.0 Å². The number of nitro benzene ring substituents is 1. The molecule has 0 atom stereocenters. The van der Waals surface area contributed by atoms with Gasteiger partial charge >= 0.3 is 5.97 Å². The molecule has 0 bridgehead atoms. The van der Waals surface area contributed by atoms with E-state index in [0.29, 0.717) is 21.2 Å². The number of benzene rings is 4. The number of hydrogen-bond donors (Lipinski definition) is 2. The van der Waals surface area contributed by atoms with Crippen molar-refractivity contribution in [2.24, 2.45) is 5.10 Å². The summed E-state index contributed by atoms with van der Waals surface area (Å²) in [4.78, 5) is 51.5. The van der Waals surface area contributed by atoms with Gasteiger partial charge in [-0.3, -0.25) is 19.7 Å². The maximum Gasteiger partial charge on any atom is 0.343 e. The minimum Gasteiger partial charge on any atom is -0.422 e. The van der Waals surface area contributed by atoms with E-state index in [1.165, 1.54) is 36.5 Å². The van der Waals surface area contributed by atoms with Gasteiger partial charge in [0.2, 0.25) is 0 Å². The Bertz CT molecular complexity index is 1770. The van der Waals surface area contributed by atoms with E-state index in [9.17, 15) is 24.5 Å². The fourth-order valence-corrected chi connectivity index (χ4v) is 4.67. The molecule has 0 aromatic heterocycles. The summed E-state index contributed by atoms with van der Waals surface area (Å²) in [5, 5.41) is 17.6. The molecule has 0 aliphatic rings. The molecule has 0 unspecified atom stereocenters. The van der Waals surface area contributed by atoms with Crippen LogP contribution in [0.5, 0.6) is 5.75 Å². The highest BCUT2D eigenvalue weighted by molar-refractivity contribution is 9.10. The molecule has 2 N–H and O–H groups in total. The lowest BCUT2D eigenvalue weighted by Gasteiger charge is -2.21. The van der Waals surface area contributed by atoms with Gasteiger partial charge < -0.3 is 15.0 Å². The van der Waals surface area contributed by atoms with Crippen molar-refractivity contribution in [1.29, 1.82) is 0 Å². The van der Waals surface area contributed by atoms with Crippen molar-refractivity contribution in [1.82, 2.24) is 10.7 Å². The zero-order valence-corrected chi connectivity index (χ0v) is 26.6. The van der Waals surface area contributed by atoms with Crippen LogP contribution >= 0.6 is 15.9 Å². The molecule has 4 aromatic carbocycles. The first-order valence-corrected chi connectivity index (χ1v) is 15.0. The fourth-order valence-electron chi connectivity index (χ4n) is 4.29. The fraction of sp³-hybridized carbons (Fsp3) is 0.118. The summed E-state index contributed by atoms with van der Waals surface area (Å²) < 4.78 is 6.16. The Morgan fingerprint density at radius 1 is 0.913 bits per heavy atom. The Morgan fingerprint density at radius 2 is 1.59 bits per heavy atom. The Kier molecular flexibility index (Phi) is 11.5. The Hall–Kier alpha value is -5.62. The molecule has 0 fully saturated rings. The third kappa shape index (κ3) is 8.96. The predicted octanol–water partition coefficient (Wildman–Crippen LogP) is 6.34. The predicted molar refractivity (Wildman–Crippen MR) is 180 cm³/mol. The summed E-state index contributed by atoms with van der Waals surface area (Å²) in [5.41, 5.74) is 4.77. The van der Waals surface area contributed by atoms with Crippen LogP contribution in [0.15, 0.2) is 112 Å². The summed E-state index contributed by atoms with van der Waals surface area (Å²) in [5.74, 6) is -1.77. The number of amides is 2. The standard InChI is InChI=1S/C34H30BrN5O6/c1-3-39(4-2)28-15-10-23(11-16-28)20-30(37-32(41)24-8-6-5-7-9-24)33(42)38-36-22-26-21-27(35)14-19-31(26)46-34(43)25-12-17-29(18-13-25)40(44)45/h5-22H,3-4H2,1-2H3,(H,37,41)(H,38,42). The van der Waals surface area contributed by atoms with Crippen molar-refractivity contribution in [2.45, 2.75) is 13.8 Å². The lowest BCUT2D eigenvalue weighted by Crippen LogP contribution is -2.32. The SMILES string of the molecule is CCN(CC)c1ccc(C=C(NC(=O)c2ccccc2)C(=O)NN=Cc2cc(Br)ccc2OC(=O)c2ccc([N+](=O)[O-])cc2)cc1. The van der Waals surface area contributed by atoms with Gasteiger partial charge in [-0.15, -0.1) is 0 Å². The smallest absolute Gasteiger partial charge is 0.343 e. The molecule has 0 spiro atoms. The molecule has 0 saturated heterocycles.